The van der Waals surface area contributed by atoms with Crippen LogP contribution in [-0.4, -0.2) is 22.0 Å². The van der Waals surface area contributed by atoms with Crippen LogP contribution in [0.25, 0.3) is 0 Å². The molecule has 10 heteroatoms. The Labute approximate surface area is 153 Å². The smallest absolute Gasteiger partial charge is 0.312 e. The molecular weight excluding hydrogens is 364 g/mol. The average molecular weight is 383 g/mol. The van der Waals surface area contributed by atoms with Crippen molar-refractivity contribution in [3.05, 3.63) is 51.6 Å². The van der Waals surface area contributed by atoms with Gasteiger partial charge in [-0.3, -0.25) is 4.79 Å². The summed E-state index contributed by atoms with van der Waals surface area (Å²) < 4.78 is 29.7. The molecule has 0 spiro atoms. The SMILES string of the molecule is NC(=O)NCc1c[nH]c(=S)n1[C@H]1CCc2c(F)cc(F)cc2C1.NC=O. The molecule has 0 unspecified atom stereocenters. The first-order valence-corrected chi connectivity index (χ1v) is 8.22. The second kappa shape index (κ2) is 8.56. The van der Waals surface area contributed by atoms with Gasteiger partial charge in [-0.1, -0.05) is 0 Å². The summed E-state index contributed by atoms with van der Waals surface area (Å²) in [7, 11) is 0. The third-order valence-corrected chi connectivity index (χ3v) is 4.45. The highest BCUT2D eigenvalue weighted by Gasteiger charge is 2.25. The van der Waals surface area contributed by atoms with Crippen molar-refractivity contribution in [3.8, 4) is 0 Å². The second-order valence-electron chi connectivity index (χ2n) is 5.73. The Hall–Kier alpha value is -2.75. The first-order chi connectivity index (χ1) is 12.4. The third-order valence-electron chi connectivity index (χ3n) is 4.14. The summed E-state index contributed by atoms with van der Waals surface area (Å²) in [5.41, 5.74) is 11.3. The van der Waals surface area contributed by atoms with Gasteiger partial charge in [0.25, 0.3) is 0 Å². The highest BCUT2D eigenvalue weighted by atomic mass is 32.1. The highest BCUT2D eigenvalue weighted by Crippen LogP contribution is 2.32. The summed E-state index contributed by atoms with van der Waals surface area (Å²) in [6.07, 6.45) is 3.65. The van der Waals surface area contributed by atoms with Crippen LogP contribution in [0.1, 0.15) is 29.3 Å². The second-order valence-corrected chi connectivity index (χ2v) is 6.12. The first-order valence-electron chi connectivity index (χ1n) is 7.81. The Kier molecular flexibility index (Phi) is 6.45. The van der Waals surface area contributed by atoms with Gasteiger partial charge in [-0.05, 0) is 48.7 Å². The number of nitrogens with two attached hydrogens (primary N) is 2. The fraction of sp³-hybridized carbons (Fsp3) is 0.312. The maximum absolute atomic E-state index is 13.8. The van der Waals surface area contributed by atoms with Crippen molar-refractivity contribution < 1.29 is 18.4 Å². The van der Waals surface area contributed by atoms with E-state index in [2.05, 4.69) is 16.0 Å². The maximum atomic E-state index is 13.8. The van der Waals surface area contributed by atoms with E-state index in [0.717, 1.165) is 11.8 Å². The van der Waals surface area contributed by atoms with Crippen LogP contribution in [0.15, 0.2) is 18.3 Å². The lowest BCUT2D eigenvalue weighted by molar-refractivity contribution is -0.106. The van der Waals surface area contributed by atoms with Gasteiger partial charge in [0, 0.05) is 18.3 Å². The normalized spacial score (nSPS) is 15.4. The van der Waals surface area contributed by atoms with Crippen LogP contribution in [0.4, 0.5) is 13.6 Å². The van der Waals surface area contributed by atoms with Crippen LogP contribution in [0.5, 0.6) is 0 Å². The molecule has 2 aromatic rings. The number of amides is 3. The van der Waals surface area contributed by atoms with E-state index in [-0.39, 0.29) is 19.0 Å². The third kappa shape index (κ3) is 4.45. The van der Waals surface area contributed by atoms with Crippen LogP contribution in [0.2, 0.25) is 0 Å². The van der Waals surface area contributed by atoms with Gasteiger partial charge in [-0.25, -0.2) is 13.6 Å². The van der Waals surface area contributed by atoms with Gasteiger partial charge < -0.3 is 26.3 Å². The van der Waals surface area contributed by atoms with E-state index in [0.29, 0.717) is 35.2 Å². The number of carbonyl (C=O) groups excluding carboxylic acids is 2. The van der Waals surface area contributed by atoms with E-state index in [4.69, 9.17) is 22.7 Å². The molecule has 0 bridgehead atoms. The van der Waals surface area contributed by atoms with E-state index in [1.807, 2.05) is 4.57 Å². The number of rotatable bonds is 3. The summed E-state index contributed by atoms with van der Waals surface area (Å²) >= 11 is 5.30. The molecule has 26 heavy (non-hydrogen) atoms. The number of carbonyl (C=O) groups is 2. The molecule has 0 saturated heterocycles. The molecule has 1 aliphatic rings. The van der Waals surface area contributed by atoms with Crippen LogP contribution in [0.3, 0.4) is 0 Å². The number of urea groups is 1. The number of aromatic amines is 1. The number of fused-ring (bicyclic) bond motifs is 1. The molecule has 0 fully saturated rings. The van der Waals surface area contributed by atoms with Crippen LogP contribution < -0.4 is 16.8 Å². The summed E-state index contributed by atoms with van der Waals surface area (Å²) in [4.78, 5) is 22.4. The summed E-state index contributed by atoms with van der Waals surface area (Å²) in [5, 5.41) is 2.52. The molecule has 6 N–H and O–H groups in total. The molecule has 0 radical (unpaired) electrons. The summed E-state index contributed by atoms with van der Waals surface area (Å²) in [6.45, 7) is 0.239. The van der Waals surface area contributed by atoms with E-state index < -0.39 is 17.7 Å². The number of primary amides is 2. The number of nitrogens with zero attached hydrogens (tertiary/aromatic N) is 1. The van der Waals surface area contributed by atoms with Gasteiger partial charge in [0.05, 0.1) is 12.2 Å². The fourth-order valence-corrected chi connectivity index (χ4v) is 3.46. The predicted molar refractivity (Wildman–Crippen MR) is 93.7 cm³/mol. The zero-order chi connectivity index (χ0) is 19.3. The van der Waals surface area contributed by atoms with Crippen molar-refractivity contribution in [2.24, 2.45) is 11.5 Å². The summed E-state index contributed by atoms with van der Waals surface area (Å²) in [5.74, 6) is -1.07. The number of benzene rings is 1. The minimum atomic E-state index is -0.623. The topological polar surface area (TPSA) is 119 Å². The van der Waals surface area contributed by atoms with Crippen molar-refractivity contribution in [2.75, 3.05) is 0 Å². The highest BCUT2D eigenvalue weighted by molar-refractivity contribution is 7.71. The van der Waals surface area contributed by atoms with Crippen molar-refractivity contribution in [2.45, 2.75) is 31.8 Å². The molecular formula is C16H19F2N5O2S. The van der Waals surface area contributed by atoms with Gasteiger partial charge in [0.1, 0.15) is 11.6 Å². The molecule has 7 nitrogen and oxygen atoms in total. The molecule has 1 aliphatic carbocycles. The maximum Gasteiger partial charge on any atom is 0.312 e. The fourth-order valence-electron chi connectivity index (χ4n) is 3.13. The lowest BCUT2D eigenvalue weighted by atomic mass is 9.87. The van der Waals surface area contributed by atoms with E-state index in [1.54, 1.807) is 6.20 Å². The molecule has 1 aromatic heterocycles. The van der Waals surface area contributed by atoms with Gasteiger partial charge in [0.2, 0.25) is 6.41 Å². The number of imidazole rings is 1. The van der Waals surface area contributed by atoms with E-state index in [9.17, 15) is 13.6 Å². The van der Waals surface area contributed by atoms with Crippen molar-refractivity contribution >= 4 is 24.7 Å². The molecule has 3 rings (SSSR count). The number of H-pyrrole nitrogens is 1. The number of aromatic nitrogens is 2. The van der Waals surface area contributed by atoms with Crippen molar-refractivity contribution in [1.82, 2.24) is 14.9 Å². The molecule has 0 aliphatic heterocycles. The lowest BCUT2D eigenvalue weighted by Crippen LogP contribution is -2.30. The number of hydrogen-bond donors (Lipinski definition) is 4. The zero-order valence-electron chi connectivity index (χ0n) is 13.8. The Morgan fingerprint density at radius 2 is 2.15 bits per heavy atom. The van der Waals surface area contributed by atoms with Gasteiger partial charge in [0.15, 0.2) is 4.77 Å². The molecule has 1 aromatic carbocycles. The molecule has 0 saturated carbocycles. The Morgan fingerprint density at radius 3 is 2.81 bits per heavy atom. The van der Waals surface area contributed by atoms with Crippen LogP contribution in [-0.2, 0) is 24.2 Å². The molecule has 140 valence electrons. The minimum Gasteiger partial charge on any atom is -0.372 e. The van der Waals surface area contributed by atoms with E-state index >= 15 is 0 Å². The summed E-state index contributed by atoms with van der Waals surface area (Å²) in [6, 6.07) is 1.65. The van der Waals surface area contributed by atoms with Crippen LogP contribution in [0, 0.1) is 16.4 Å². The lowest BCUT2D eigenvalue weighted by Gasteiger charge is -2.27. The monoisotopic (exact) mass is 383 g/mol. The quantitative estimate of drug-likeness (QED) is 0.478. The molecule has 1 heterocycles. The van der Waals surface area contributed by atoms with Gasteiger partial charge >= 0.3 is 6.03 Å². The van der Waals surface area contributed by atoms with E-state index in [1.165, 1.54) is 6.07 Å². The number of halogens is 2. The zero-order valence-corrected chi connectivity index (χ0v) is 14.6. The Balaban J connectivity index is 0.000000758. The predicted octanol–water partition coefficient (Wildman–Crippen LogP) is 1.82. The van der Waals surface area contributed by atoms with Gasteiger partial charge in [-0.15, -0.1) is 0 Å². The number of hydrogen-bond acceptors (Lipinski definition) is 3. The number of nitrogens with one attached hydrogen (secondary N) is 2. The Bertz CT molecular complexity index is 865. The molecule has 1 atom stereocenters. The first kappa shape index (κ1) is 19.6. The van der Waals surface area contributed by atoms with Crippen molar-refractivity contribution in [1.29, 1.82) is 0 Å². The van der Waals surface area contributed by atoms with Gasteiger partial charge in [-0.2, -0.15) is 0 Å². The standard InChI is InChI=1S/C15H16F2N4OS.CH3NO/c16-9-3-8-4-10(1-2-12(8)13(17)5-9)21-11(6-19-14(18)22)7-20-15(21)23;2-1-3/h3,5,7,10H,1-2,4,6H2,(H,20,23)(H3,18,19,22);1H,(H2,2,3)/t10-;/m0./s1. The minimum absolute atomic E-state index is 0.0212. The largest absolute Gasteiger partial charge is 0.372 e. The Morgan fingerprint density at radius 1 is 1.46 bits per heavy atom. The molecule has 3 amide bonds. The van der Waals surface area contributed by atoms with Crippen molar-refractivity contribution in [3.63, 3.8) is 0 Å². The van der Waals surface area contributed by atoms with Crippen LogP contribution >= 0.6 is 12.2 Å². The average Bonchev–Trinajstić information content (AvgIpc) is 2.93.